The van der Waals surface area contributed by atoms with Crippen LogP contribution in [-0.4, -0.2) is 34.1 Å². The number of benzene rings is 2. The SMILES string of the molecule is COC(=O)c1ccccc1NC(=S)N(Cc1cc2ccc(C)c(C)c2[nH]c1=O)C1CCCC1. The third-order valence-electron chi connectivity index (χ3n) is 6.57. The molecule has 3 aromatic rings. The Kier molecular flexibility index (Phi) is 6.79. The Bertz CT molecular complexity index is 1260. The lowest BCUT2D eigenvalue weighted by Gasteiger charge is -2.32. The fourth-order valence-corrected chi connectivity index (χ4v) is 4.84. The molecule has 4 rings (SSSR count). The highest BCUT2D eigenvalue weighted by atomic mass is 32.1. The number of nitrogens with one attached hydrogen (secondary N) is 2. The number of hydrogen-bond donors (Lipinski definition) is 2. The third kappa shape index (κ3) is 4.78. The number of hydrogen-bond acceptors (Lipinski definition) is 4. The molecule has 0 radical (unpaired) electrons. The van der Waals surface area contributed by atoms with Crippen LogP contribution >= 0.6 is 12.2 Å². The number of pyridine rings is 1. The molecule has 0 bridgehead atoms. The van der Waals surface area contributed by atoms with Gasteiger partial charge < -0.3 is 19.9 Å². The van der Waals surface area contributed by atoms with Gasteiger partial charge >= 0.3 is 5.97 Å². The molecule has 6 nitrogen and oxygen atoms in total. The van der Waals surface area contributed by atoms with E-state index in [1.54, 1.807) is 18.2 Å². The zero-order valence-electron chi connectivity index (χ0n) is 19.2. The zero-order chi connectivity index (χ0) is 23.5. The number of carbonyl (C=O) groups excluding carboxylic acids is 1. The van der Waals surface area contributed by atoms with Crippen LogP contribution < -0.4 is 10.9 Å². The zero-order valence-corrected chi connectivity index (χ0v) is 20.1. The van der Waals surface area contributed by atoms with Crippen molar-refractivity contribution in [2.75, 3.05) is 12.4 Å². The second-order valence-electron chi connectivity index (χ2n) is 8.63. The Labute approximate surface area is 199 Å². The van der Waals surface area contributed by atoms with Gasteiger partial charge in [0.25, 0.3) is 5.56 Å². The molecular formula is C26H29N3O3S. The van der Waals surface area contributed by atoms with Gasteiger partial charge in [-0.15, -0.1) is 0 Å². The monoisotopic (exact) mass is 463 g/mol. The predicted octanol–water partition coefficient (Wildman–Crippen LogP) is 5.07. The van der Waals surface area contributed by atoms with E-state index in [0.29, 0.717) is 28.5 Å². The maximum atomic E-state index is 13.0. The van der Waals surface area contributed by atoms with Crippen LogP contribution in [0.15, 0.2) is 47.3 Å². The van der Waals surface area contributed by atoms with Crippen LogP contribution in [0.2, 0.25) is 0 Å². The number of anilines is 1. The number of rotatable bonds is 5. The molecule has 1 aliphatic carbocycles. The lowest BCUT2D eigenvalue weighted by molar-refractivity contribution is 0.0602. The van der Waals surface area contributed by atoms with Gasteiger partial charge in [0.2, 0.25) is 0 Å². The number of carbonyl (C=O) groups is 1. The number of aryl methyl sites for hydroxylation is 2. The molecule has 7 heteroatoms. The lowest BCUT2D eigenvalue weighted by atomic mass is 10.0. The number of ether oxygens (including phenoxy) is 1. The highest BCUT2D eigenvalue weighted by Gasteiger charge is 2.26. The number of para-hydroxylation sites is 1. The van der Waals surface area contributed by atoms with Gasteiger partial charge in [-0.2, -0.15) is 0 Å². The number of esters is 1. The fourth-order valence-electron chi connectivity index (χ4n) is 4.52. The molecule has 2 aromatic carbocycles. The van der Waals surface area contributed by atoms with Gasteiger partial charge in [-0.05, 0) is 73.6 Å². The van der Waals surface area contributed by atoms with E-state index in [9.17, 15) is 9.59 Å². The molecule has 0 amide bonds. The van der Waals surface area contributed by atoms with Gasteiger partial charge in [-0.1, -0.05) is 37.1 Å². The van der Waals surface area contributed by atoms with Crippen molar-refractivity contribution in [3.05, 3.63) is 75.1 Å². The Morgan fingerprint density at radius 2 is 1.91 bits per heavy atom. The molecular weight excluding hydrogens is 434 g/mol. The molecule has 2 N–H and O–H groups in total. The van der Waals surface area contributed by atoms with E-state index in [1.165, 1.54) is 7.11 Å². The summed E-state index contributed by atoms with van der Waals surface area (Å²) in [6.45, 7) is 4.46. The van der Waals surface area contributed by atoms with Gasteiger partial charge in [0.15, 0.2) is 5.11 Å². The first-order chi connectivity index (χ1) is 15.9. The first-order valence-electron chi connectivity index (χ1n) is 11.3. The summed E-state index contributed by atoms with van der Waals surface area (Å²) >= 11 is 5.80. The quantitative estimate of drug-likeness (QED) is 0.406. The molecule has 0 atom stereocenters. The van der Waals surface area contributed by atoms with E-state index in [1.807, 2.05) is 32.0 Å². The topological polar surface area (TPSA) is 74.4 Å². The normalized spacial score (nSPS) is 13.8. The maximum Gasteiger partial charge on any atom is 0.339 e. The lowest BCUT2D eigenvalue weighted by Crippen LogP contribution is -2.42. The molecule has 33 heavy (non-hydrogen) atoms. The van der Waals surface area contributed by atoms with Gasteiger partial charge in [0.05, 0.1) is 30.4 Å². The van der Waals surface area contributed by atoms with Crippen molar-refractivity contribution in [3.63, 3.8) is 0 Å². The number of thiocarbonyl (C=S) groups is 1. The van der Waals surface area contributed by atoms with E-state index in [-0.39, 0.29) is 11.6 Å². The Morgan fingerprint density at radius 1 is 1.18 bits per heavy atom. The van der Waals surface area contributed by atoms with Crippen LogP contribution in [0, 0.1) is 13.8 Å². The van der Waals surface area contributed by atoms with Gasteiger partial charge in [0, 0.05) is 11.6 Å². The number of methoxy groups -OCH3 is 1. The Morgan fingerprint density at radius 3 is 2.64 bits per heavy atom. The first-order valence-corrected chi connectivity index (χ1v) is 11.7. The second-order valence-corrected chi connectivity index (χ2v) is 9.02. The summed E-state index contributed by atoms with van der Waals surface area (Å²) in [4.78, 5) is 30.4. The predicted molar refractivity (Wildman–Crippen MR) is 136 cm³/mol. The molecule has 1 aromatic heterocycles. The van der Waals surface area contributed by atoms with Crippen LogP contribution in [0.3, 0.4) is 0 Å². The van der Waals surface area contributed by atoms with Gasteiger partial charge in [-0.3, -0.25) is 4.79 Å². The highest BCUT2D eigenvalue weighted by molar-refractivity contribution is 7.80. The minimum Gasteiger partial charge on any atom is -0.465 e. The Hall–Kier alpha value is -3.19. The van der Waals surface area contributed by atoms with Crippen LogP contribution in [0.25, 0.3) is 10.9 Å². The van der Waals surface area contributed by atoms with E-state index < -0.39 is 5.97 Å². The average molecular weight is 464 g/mol. The minimum atomic E-state index is -0.426. The van der Waals surface area contributed by atoms with Crippen molar-refractivity contribution in [3.8, 4) is 0 Å². The minimum absolute atomic E-state index is 0.100. The number of fused-ring (bicyclic) bond motifs is 1. The summed E-state index contributed by atoms with van der Waals surface area (Å²) in [7, 11) is 1.36. The summed E-state index contributed by atoms with van der Waals surface area (Å²) in [6.07, 6.45) is 4.30. The van der Waals surface area contributed by atoms with Crippen LogP contribution in [0.5, 0.6) is 0 Å². The van der Waals surface area contributed by atoms with Crippen molar-refractivity contribution in [1.29, 1.82) is 0 Å². The van der Waals surface area contributed by atoms with E-state index in [2.05, 4.69) is 21.3 Å². The van der Waals surface area contributed by atoms with Crippen molar-refractivity contribution in [2.24, 2.45) is 0 Å². The molecule has 0 saturated heterocycles. The summed E-state index contributed by atoms with van der Waals surface area (Å²) in [5, 5.41) is 4.75. The van der Waals surface area contributed by atoms with Crippen molar-refractivity contribution < 1.29 is 9.53 Å². The van der Waals surface area contributed by atoms with Crippen LogP contribution in [0.1, 0.15) is 52.7 Å². The molecule has 1 fully saturated rings. The summed E-state index contributed by atoms with van der Waals surface area (Å²) < 4.78 is 4.91. The average Bonchev–Trinajstić information content (AvgIpc) is 3.35. The van der Waals surface area contributed by atoms with Gasteiger partial charge in [-0.25, -0.2) is 4.79 Å². The smallest absolute Gasteiger partial charge is 0.339 e. The number of nitrogens with zero attached hydrogens (tertiary/aromatic N) is 1. The van der Waals surface area contributed by atoms with Crippen LogP contribution in [-0.2, 0) is 11.3 Å². The molecule has 0 unspecified atom stereocenters. The molecule has 172 valence electrons. The maximum absolute atomic E-state index is 13.0. The van der Waals surface area contributed by atoms with Crippen molar-refractivity contribution >= 4 is 39.9 Å². The third-order valence-corrected chi connectivity index (χ3v) is 6.91. The molecule has 0 spiro atoms. The molecule has 0 aliphatic heterocycles. The molecule has 1 heterocycles. The Balaban J connectivity index is 1.66. The number of aromatic nitrogens is 1. The largest absolute Gasteiger partial charge is 0.465 e. The summed E-state index contributed by atoms with van der Waals surface area (Å²) in [6, 6.07) is 13.5. The first kappa shape index (κ1) is 23.0. The van der Waals surface area contributed by atoms with E-state index in [0.717, 1.165) is 47.7 Å². The number of H-pyrrole nitrogens is 1. The van der Waals surface area contributed by atoms with Crippen molar-refractivity contribution in [1.82, 2.24) is 9.88 Å². The van der Waals surface area contributed by atoms with Crippen molar-refractivity contribution in [2.45, 2.75) is 52.1 Å². The summed E-state index contributed by atoms with van der Waals surface area (Å²) in [5.41, 5.74) is 4.69. The van der Waals surface area contributed by atoms with E-state index >= 15 is 0 Å². The molecule has 1 saturated carbocycles. The standard InChI is InChI=1S/C26H29N3O3S/c1-16-12-13-18-14-19(24(30)28-23(18)17(16)2)15-29(20-8-4-5-9-20)26(33)27-22-11-7-6-10-21(22)25(31)32-3/h6-7,10-14,20H,4-5,8-9,15H2,1-3H3,(H,27,33)(H,28,30). The fraction of sp³-hybridized carbons (Fsp3) is 0.346. The molecule has 1 aliphatic rings. The van der Waals surface area contributed by atoms with Gasteiger partial charge in [0.1, 0.15) is 0 Å². The van der Waals surface area contributed by atoms with Crippen LogP contribution in [0.4, 0.5) is 5.69 Å². The number of aromatic amines is 1. The highest BCUT2D eigenvalue weighted by Crippen LogP contribution is 2.27. The van der Waals surface area contributed by atoms with E-state index in [4.69, 9.17) is 17.0 Å². The second kappa shape index (κ2) is 9.75. The summed E-state index contributed by atoms with van der Waals surface area (Å²) in [5.74, 6) is -0.426.